The summed E-state index contributed by atoms with van der Waals surface area (Å²) in [6.07, 6.45) is -0.131. The molecule has 2 fully saturated rings. The fourth-order valence-corrected chi connectivity index (χ4v) is 2.61. The van der Waals surface area contributed by atoms with Crippen molar-refractivity contribution in [2.45, 2.75) is 6.17 Å². The summed E-state index contributed by atoms with van der Waals surface area (Å²) in [5, 5.41) is 4.13. The van der Waals surface area contributed by atoms with Gasteiger partial charge in [0.25, 0.3) is 0 Å². The Balaban J connectivity index is 1.93. The van der Waals surface area contributed by atoms with Gasteiger partial charge in [0.05, 0.1) is 11.6 Å². The number of amides is 1. The largest absolute Gasteiger partial charge is 0.345 e. The number of fused-ring (bicyclic) bond motifs is 1. The lowest BCUT2D eigenvalue weighted by Crippen LogP contribution is -2.62. The molecule has 0 radical (unpaired) electrons. The Labute approximate surface area is 114 Å². The zero-order valence-corrected chi connectivity index (χ0v) is 10.9. The lowest BCUT2D eigenvalue weighted by atomic mass is 10.0. The number of thiocarbonyl (C=S) groups is 1. The third-order valence-electron chi connectivity index (χ3n) is 3.09. The number of nitrogens with zero attached hydrogens (tertiary/aromatic N) is 1. The summed E-state index contributed by atoms with van der Waals surface area (Å²) in [6, 6.07) is 7.04. The van der Waals surface area contributed by atoms with Crippen molar-refractivity contribution >= 4 is 40.5 Å². The molecule has 0 aliphatic carbocycles. The molecule has 2 aliphatic heterocycles. The number of anilines is 1. The summed E-state index contributed by atoms with van der Waals surface area (Å²) in [6.45, 7) is 0.587. The van der Waals surface area contributed by atoms with Gasteiger partial charge in [-0.05, 0) is 36.5 Å². The minimum Gasteiger partial charge on any atom is -0.345 e. The van der Waals surface area contributed by atoms with E-state index in [0.717, 1.165) is 5.69 Å². The fourth-order valence-electron chi connectivity index (χ4n) is 2.16. The lowest BCUT2D eigenvalue weighted by Gasteiger charge is -2.35. The molecule has 0 saturated carbocycles. The molecule has 0 aromatic heterocycles. The number of hydrazine groups is 1. The summed E-state index contributed by atoms with van der Waals surface area (Å²) >= 11 is 11.1. The molecule has 18 heavy (non-hydrogen) atoms. The quantitative estimate of drug-likeness (QED) is 0.659. The van der Waals surface area contributed by atoms with E-state index in [0.29, 0.717) is 16.7 Å². The smallest absolute Gasteiger partial charge is 0.241 e. The Morgan fingerprint density at radius 3 is 2.78 bits per heavy atom. The third kappa shape index (κ3) is 1.87. The van der Waals surface area contributed by atoms with Crippen LogP contribution in [0.2, 0.25) is 5.02 Å². The monoisotopic (exact) mass is 282 g/mol. The third-order valence-corrected chi connectivity index (χ3v) is 3.64. The van der Waals surface area contributed by atoms with E-state index < -0.39 is 0 Å². The molecule has 0 spiro atoms. The molecule has 2 unspecified atom stereocenters. The molecular weight excluding hydrogens is 272 g/mol. The first-order valence-electron chi connectivity index (χ1n) is 5.55. The molecule has 0 bridgehead atoms. The van der Waals surface area contributed by atoms with E-state index in [1.165, 1.54) is 4.90 Å². The van der Waals surface area contributed by atoms with E-state index in [4.69, 9.17) is 23.8 Å². The summed E-state index contributed by atoms with van der Waals surface area (Å²) in [5.74, 6) is -0.170. The summed E-state index contributed by atoms with van der Waals surface area (Å²) in [5.41, 5.74) is 6.67. The predicted molar refractivity (Wildman–Crippen MR) is 73.1 cm³/mol. The van der Waals surface area contributed by atoms with Crippen LogP contribution < -0.4 is 21.1 Å². The fraction of sp³-hybridized carbons (Fsp3) is 0.273. The van der Waals surface area contributed by atoms with Crippen LogP contribution in [0.3, 0.4) is 0 Å². The van der Waals surface area contributed by atoms with Crippen molar-refractivity contribution in [2.24, 2.45) is 5.92 Å². The van der Waals surface area contributed by atoms with Crippen LogP contribution in [0.1, 0.15) is 0 Å². The first-order valence-corrected chi connectivity index (χ1v) is 6.34. The van der Waals surface area contributed by atoms with Gasteiger partial charge in [-0.2, -0.15) is 0 Å². The van der Waals surface area contributed by atoms with Gasteiger partial charge < -0.3 is 5.32 Å². The van der Waals surface area contributed by atoms with E-state index in [-0.39, 0.29) is 18.0 Å². The molecule has 2 heterocycles. The first-order chi connectivity index (χ1) is 8.66. The van der Waals surface area contributed by atoms with Gasteiger partial charge in [0, 0.05) is 11.6 Å². The minimum absolute atomic E-state index is 0.0106. The highest BCUT2D eigenvalue weighted by molar-refractivity contribution is 7.80. The number of benzene rings is 1. The van der Waals surface area contributed by atoms with Crippen LogP contribution in [-0.2, 0) is 4.79 Å². The van der Waals surface area contributed by atoms with Gasteiger partial charge in [0.2, 0.25) is 5.91 Å². The maximum absolute atomic E-state index is 12.4. The van der Waals surface area contributed by atoms with Gasteiger partial charge in [-0.3, -0.25) is 15.1 Å². The average Bonchev–Trinajstić information content (AvgIpc) is 2.80. The standard InChI is InChI=1S/C11H11ClN4OS/c12-6-1-3-7(4-2-6)16-10(17)8-5-13-15-9(8)14-11(16)18/h1-4,8-9,13,15H,5H2,(H,14,18). The van der Waals surface area contributed by atoms with Gasteiger partial charge >= 0.3 is 0 Å². The van der Waals surface area contributed by atoms with Crippen LogP contribution in [0.25, 0.3) is 0 Å². The van der Waals surface area contributed by atoms with Gasteiger partial charge in [0.15, 0.2) is 5.11 Å². The van der Waals surface area contributed by atoms with Crippen LogP contribution in [-0.4, -0.2) is 23.7 Å². The molecular formula is C11H11ClN4OS. The predicted octanol–water partition coefficient (Wildman–Crippen LogP) is 0.611. The summed E-state index contributed by atoms with van der Waals surface area (Å²) in [7, 11) is 0. The molecule has 1 amide bonds. The zero-order valence-electron chi connectivity index (χ0n) is 9.31. The average molecular weight is 283 g/mol. The van der Waals surface area contributed by atoms with Crippen molar-refractivity contribution in [3.8, 4) is 0 Å². The molecule has 94 valence electrons. The van der Waals surface area contributed by atoms with E-state index in [2.05, 4.69) is 16.2 Å². The highest BCUT2D eigenvalue weighted by atomic mass is 35.5. The second-order valence-electron chi connectivity index (χ2n) is 4.21. The number of nitrogens with one attached hydrogen (secondary N) is 3. The molecule has 2 saturated heterocycles. The number of hydrogen-bond donors (Lipinski definition) is 3. The van der Waals surface area contributed by atoms with Crippen molar-refractivity contribution in [1.29, 1.82) is 0 Å². The first kappa shape index (κ1) is 11.9. The Morgan fingerprint density at radius 1 is 1.33 bits per heavy atom. The van der Waals surface area contributed by atoms with Gasteiger partial charge in [-0.25, -0.2) is 5.43 Å². The number of rotatable bonds is 1. The topological polar surface area (TPSA) is 56.4 Å². The van der Waals surface area contributed by atoms with Crippen molar-refractivity contribution < 1.29 is 4.79 Å². The van der Waals surface area contributed by atoms with Crippen molar-refractivity contribution in [3.63, 3.8) is 0 Å². The van der Waals surface area contributed by atoms with Gasteiger partial charge in [0.1, 0.15) is 6.17 Å². The van der Waals surface area contributed by atoms with Gasteiger partial charge in [-0.15, -0.1) is 0 Å². The maximum atomic E-state index is 12.4. The number of carbonyl (C=O) groups is 1. The normalized spacial score (nSPS) is 27.1. The SMILES string of the molecule is O=C1C2CNNC2NC(=S)N1c1ccc(Cl)cc1. The molecule has 1 aromatic carbocycles. The van der Waals surface area contributed by atoms with Gasteiger partial charge in [-0.1, -0.05) is 11.6 Å². The highest BCUT2D eigenvalue weighted by Gasteiger charge is 2.42. The number of carbonyl (C=O) groups excluding carboxylic acids is 1. The summed E-state index contributed by atoms with van der Waals surface area (Å²) < 4.78 is 0. The van der Waals surface area contributed by atoms with E-state index in [9.17, 15) is 4.79 Å². The van der Waals surface area contributed by atoms with Crippen molar-refractivity contribution in [1.82, 2.24) is 16.2 Å². The Kier molecular flexibility index (Phi) is 2.95. The van der Waals surface area contributed by atoms with Crippen molar-refractivity contribution in [2.75, 3.05) is 11.4 Å². The Morgan fingerprint density at radius 2 is 2.06 bits per heavy atom. The Bertz CT molecular complexity index is 506. The van der Waals surface area contributed by atoms with Crippen LogP contribution in [0.15, 0.2) is 24.3 Å². The molecule has 3 N–H and O–H groups in total. The van der Waals surface area contributed by atoms with Crippen LogP contribution in [0.4, 0.5) is 5.69 Å². The van der Waals surface area contributed by atoms with Crippen LogP contribution in [0, 0.1) is 5.92 Å². The molecule has 5 nitrogen and oxygen atoms in total. The van der Waals surface area contributed by atoms with E-state index in [1.807, 2.05) is 0 Å². The summed E-state index contributed by atoms with van der Waals surface area (Å²) in [4.78, 5) is 13.9. The zero-order chi connectivity index (χ0) is 12.7. The maximum Gasteiger partial charge on any atom is 0.241 e. The van der Waals surface area contributed by atoms with E-state index >= 15 is 0 Å². The number of hydrogen-bond acceptors (Lipinski definition) is 4. The molecule has 3 rings (SSSR count). The Hall–Kier alpha value is -1.21. The second-order valence-corrected chi connectivity index (χ2v) is 5.03. The molecule has 1 aromatic rings. The molecule has 2 aliphatic rings. The van der Waals surface area contributed by atoms with Crippen molar-refractivity contribution in [3.05, 3.63) is 29.3 Å². The minimum atomic E-state index is -0.160. The van der Waals surface area contributed by atoms with Crippen LogP contribution >= 0.6 is 23.8 Å². The second kappa shape index (κ2) is 4.47. The van der Waals surface area contributed by atoms with Crippen LogP contribution in [0.5, 0.6) is 0 Å². The molecule has 2 atom stereocenters. The number of halogens is 1. The highest BCUT2D eigenvalue weighted by Crippen LogP contribution is 2.24. The van der Waals surface area contributed by atoms with E-state index in [1.54, 1.807) is 24.3 Å². The lowest BCUT2D eigenvalue weighted by molar-refractivity contribution is -0.122. The molecule has 7 heteroatoms.